The van der Waals surface area contributed by atoms with Gasteiger partial charge in [-0.2, -0.15) is 18.3 Å². The first kappa shape index (κ1) is 26.0. The van der Waals surface area contributed by atoms with Gasteiger partial charge in [-0.25, -0.2) is 9.97 Å². The molecule has 0 aliphatic rings. The van der Waals surface area contributed by atoms with E-state index in [1.165, 1.54) is 0 Å². The highest BCUT2D eigenvalue weighted by Crippen LogP contribution is 2.31. The van der Waals surface area contributed by atoms with Crippen molar-refractivity contribution in [2.45, 2.75) is 19.3 Å². The van der Waals surface area contributed by atoms with Crippen LogP contribution in [-0.4, -0.2) is 26.1 Å². The third-order valence-corrected chi connectivity index (χ3v) is 6.26. The molecule has 0 unspecified atom stereocenters. The predicted octanol–water partition coefficient (Wildman–Crippen LogP) is 5.82. The van der Waals surface area contributed by atoms with Gasteiger partial charge in [-0.15, -0.1) is 0 Å². The number of halogens is 4. The molecule has 0 atom stereocenters. The third kappa shape index (κ3) is 5.93. The number of H-pyrrole nitrogens is 1. The van der Waals surface area contributed by atoms with Gasteiger partial charge in [-0.1, -0.05) is 48.0 Å². The van der Waals surface area contributed by atoms with Gasteiger partial charge in [0.1, 0.15) is 11.6 Å². The van der Waals surface area contributed by atoms with Crippen LogP contribution < -0.4 is 16.4 Å². The van der Waals surface area contributed by atoms with Crippen molar-refractivity contribution in [1.82, 2.24) is 25.5 Å². The summed E-state index contributed by atoms with van der Waals surface area (Å²) in [4.78, 5) is 21.1. The molecule has 198 valence electrons. The molecule has 5 aromatic rings. The minimum absolute atomic E-state index is 0.0331. The van der Waals surface area contributed by atoms with Crippen molar-refractivity contribution >= 4 is 40.2 Å². The van der Waals surface area contributed by atoms with Crippen molar-refractivity contribution < 1.29 is 18.0 Å². The molecule has 8 nitrogen and oxygen atoms in total. The number of carbonyl (C=O) groups is 1. The fraction of sp³-hybridized carbons (Fsp3) is 0.111. The number of pyridine rings is 2. The van der Waals surface area contributed by atoms with Crippen LogP contribution in [0.25, 0.3) is 22.2 Å². The smallest absolute Gasteiger partial charge is 0.384 e. The number of nitrogens with two attached hydrogens (primary N) is 1. The number of nitrogen functional groups attached to an aromatic ring is 1. The van der Waals surface area contributed by atoms with E-state index in [0.29, 0.717) is 28.1 Å². The molecule has 0 aliphatic heterocycles. The van der Waals surface area contributed by atoms with Gasteiger partial charge in [0, 0.05) is 36.1 Å². The van der Waals surface area contributed by atoms with E-state index < -0.39 is 17.6 Å². The van der Waals surface area contributed by atoms with Crippen molar-refractivity contribution in [3.63, 3.8) is 0 Å². The van der Waals surface area contributed by atoms with E-state index in [1.807, 2.05) is 30.3 Å². The highest BCUT2D eigenvalue weighted by molar-refractivity contribution is 6.30. The fourth-order valence-corrected chi connectivity index (χ4v) is 4.02. The lowest BCUT2D eigenvalue weighted by Gasteiger charge is -2.14. The lowest BCUT2D eigenvalue weighted by molar-refractivity contribution is -0.137. The largest absolute Gasteiger partial charge is 0.417 e. The Morgan fingerprint density at radius 1 is 0.923 bits per heavy atom. The summed E-state index contributed by atoms with van der Waals surface area (Å²) in [7, 11) is 0. The number of alkyl halides is 3. The summed E-state index contributed by atoms with van der Waals surface area (Å²) in [5.74, 6) is -0.231. The zero-order valence-electron chi connectivity index (χ0n) is 20.2. The van der Waals surface area contributed by atoms with E-state index in [4.69, 9.17) is 17.3 Å². The summed E-state index contributed by atoms with van der Waals surface area (Å²) >= 11 is 5.88. The number of nitrogens with zero attached hydrogens (tertiary/aromatic N) is 3. The zero-order chi connectivity index (χ0) is 27.6. The molecule has 39 heavy (non-hydrogen) atoms. The molecule has 5 N–H and O–H groups in total. The van der Waals surface area contributed by atoms with E-state index >= 15 is 0 Å². The second-order valence-corrected chi connectivity index (χ2v) is 9.15. The molecule has 2 aromatic carbocycles. The summed E-state index contributed by atoms with van der Waals surface area (Å²) in [6.07, 6.45) is -2.26. The number of amides is 1. The Hall–Kier alpha value is -4.64. The number of aromatic amines is 1. The number of rotatable bonds is 7. The van der Waals surface area contributed by atoms with E-state index in [1.54, 1.807) is 30.5 Å². The van der Waals surface area contributed by atoms with E-state index in [2.05, 4.69) is 30.8 Å². The van der Waals surface area contributed by atoms with Crippen LogP contribution in [0.2, 0.25) is 5.02 Å². The maximum Gasteiger partial charge on any atom is 0.417 e. The van der Waals surface area contributed by atoms with E-state index in [0.717, 1.165) is 28.3 Å². The van der Waals surface area contributed by atoms with Crippen molar-refractivity contribution in [3.05, 3.63) is 100 Å². The van der Waals surface area contributed by atoms with Crippen LogP contribution in [0.5, 0.6) is 0 Å². The van der Waals surface area contributed by atoms with Crippen LogP contribution in [-0.2, 0) is 19.3 Å². The first-order valence-corrected chi connectivity index (χ1v) is 12.1. The molecular weight excluding hydrogens is 531 g/mol. The normalized spacial score (nSPS) is 11.5. The average Bonchev–Trinajstić information content (AvgIpc) is 3.31. The highest BCUT2D eigenvalue weighted by Gasteiger charge is 2.32. The number of fused-ring (bicyclic) bond motifs is 1. The van der Waals surface area contributed by atoms with Crippen LogP contribution in [0, 0.1) is 0 Å². The topological polar surface area (TPSA) is 122 Å². The lowest BCUT2D eigenvalue weighted by Crippen LogP contribution is -2.25. The van der Waals surface area contributed by atoms with Crippen LogP contribution in [0.3, 0.4) is 0 Å². The van der Waals surface area contributed by atoms with Gasteiger partial charge in [-0.05, 0) is 41.0 Å². The molecule has 0 fully saturated rings. The number of carbonyl (C=O) groups excluding carboxylic acids is 1. The molecule has 0 bridgehead atoms. The van der Waals surface area contributed by atoms with Crippen LogP contribution >= 0.6 is 11.6 Å². The Labute approximate surface area is 225 Å². The van der Waals surface area contributed by atoms with Gasteiger partial charge in [0.15, 0.2) is 5.65 Å². The van der Waals surface area contributed by atoms with E-state index in [9.17, 15) is 18.0 Å². The Balaban J connectivity index is 1.32. The highest BCUT2D eigenvalue weighted by atomic mass is 35.5. The maximum atomic E-state index is 13.3. The second-order valence-electron chi connectivity index (χ2n) is 8.71. The predicted molar refractivity (Wildman–Crippen MR) is 143 cm³/mol. The summed E-state index contributed by atoms with van der Waals surface area (Å²) < 4.78 is 40.0. The van der Waals surface area contributed by atoms with Gasteiger partial charge in [0.05, 0.1) is 16.5 Å². The molecule has 0 spiro atoms. The van der Waals surface area contributed by atoms with Crippen molar-refractivity contribution in [3.8, 4) is 11.1 Å². The van der Waals surface area contributed by atoms with Gasteiger partial charge in [0.2, 0.25) is 0 Å². The molecule has 0 radical (unpaired) electrons. The lowest BCUT2D eigenvalue weighted by atomic mass is 10.0. The van der Waals surface area contributed by atoms with Gasteiger partial charge < -0.3 is 16.4 Å². The molecule has 3 heterocycles. The quantitative estimate of drug-likeness (QED) is 0.202. The first-order valence-electron chi connectivity index (χ1n) is 11.7. The standard InChI is InChI=1S/C27H21ClF3N7O/c28-20-7-3-16(4-8-20)12-36-26(39)22-10-19(27(29,30)31)14-35-24(22)33-11-15-1-5-17(6-2-15)18-9-21-23(32)37-38-25(21)34-13-18/h1-10,13-14H,11-12H2,(H,33,35)(H,36,39)(H3,32,34,37,38). The van der Waals surface area contributed by atoms with Crippen LogP contribution in [0.1, 0.15) is 27.0 Å². The van der Waals surface area contributed by atoms with Crippen molar-refractivity contribution in [1.29, 1.82) is 0 Å². The summed E-state index contributed by atoms with van der Waals surface area (Å²) in [6, 6.07) is 16.9. The summed E-state index contributed by atoms with van der Waals surface area (Å²) in [6.45, 7) is 0.334. The SMILES string of the molecule is Nc1[nH]nc2ncc(-c3ccc(CNc4ncc(C(F)(F)F)cc4C(=O)NCc4ccc(Cl)cc4)cc3)cc12. The summed E-state index contributed by atoms with van der Waals surface area (Å²) in [5.41, 5.74) is 8.49. The van der Waals surface area contributed by atoms with Gasteiger partial charge >= 0.3 is 6.18 Å². The molecule has 3 aromatic heterocycles. The number of aromatic nitrogens is 4. The average molecular weight is 552 g/mol. The van der Waals surface area contributed by atoms with Crippen molar-refractivity contribution in [2.24, 2.45) is 0 Å². The number of benzene rings is 2. The van der Waals surface area contributed by atoms with Crippen LogP contribution in [0.15, 0.2) is 73.1 Å². The summed E-state index contributed by atoms with van der Waals surface area (Å²) in [5, 5.41) is 13.6. The zero-order valence-corrected chi connectivity index (χ0v) is 20.9. The minimum Gasteiger partial charge on any atom is -0.384 e. The monoisotopic (exact) mass is 551 g/mol. The molecule has 0 saturated carbocycles. The Kier molecular flexibility index (Phi) is 7.07. The number of nitrogens with one attached hydrogen (secondary N) is 3. The van der Waals surface area contributed by atoms with Gasteiger partial charge in [-0.3, -0.25) is 9.89 Å². The molecular formula is C27H21ClF3N7O. The van der Waals surface area contributed by atoms with Crippen molar-refractivity contribution in [2.75, 3.05) is 11.1 Å². The number of hydrogen-bond donors (Lipinski definition) is 4. The Morgan fingerprint density at radius 2 is 1.62 bits per heavy atom. The Bertz CT molecular complexity index is 1630. The number of hydrogen-bond acceptors (Lipinski definition) is 6. The fourth-order valence-electron chi connectivity index (χ4n) is 3.89. The number of anilines is 2. The van der Waals surface area contributed by atoms with Crippen LogP contribution in [0.4, 0.5) is 24.8 Å². The molecule has 0 saturated heterocycles. The maximum absolute atomic E-state index is 13.3. The second kappa shape index (κ2) is 10.6. The Morgan fingerprint density at radius 3 is 2.33 bits per heavy atom. The molecule has 1 amide bonds. The molecule has 12 heteroatoms. The minimum atomic E-state index is -4.65. The van der Waals surface area contributed by atoms with E-state index in [-0.39, 0.29) is 24.5 Å². The third-order valence-electron chi connectivity index (χ3n) is 6.01. The van der Waals surface area contributed by atoms with Gasteiger partial charge in [0.25, 0.3) is 5.91 Å². The molecule has 5 rings (SSSR count). The first-order chi connectivity index (χ1) is 18.7. The molecule has 0 aliphatic carbocycles.